The Bertz CT molecular complexity index is 661. The Labute approximate surface area is 144 Å². The van der Waals surface area contributed by atoms with Crippen molar-refractivity contribution in [3.05, 3.63) is 53.6 Å². The van der Waals surface area contributed by atoms with Crippen molar-refractivity contribution >= 4 is 0 Å². The summed E-state index contributed by atoms with van der Waals surface area (Å²) in [5.41, 5.74) is 2.15. The first-order valence-electron chi connectivity index (χ1n) is 9.31. The first-order chi connectivity index (χ1) is 11.8. The minimum absolute atomic E-state index is 0.634. The Morgan fingerprint density at radius 3 is 2.67 bits per heavy atom. The van der Waals surface area contributed by atoms with E-state index in [-0.39, 0.29) is 0 Å². The normalized spacial score (nSPS) is 20.7. The van der Waals surface area contributed by atoms with E-state index in [1.165, 1.54) is 44.3 Å². The number of aliphatic hydroxyl groups excluding tert-OH is 1. The topological polar surface area (TPSA) is 41.3 Å². The maximum atomic E-state index is 10.7. The number of aromatic nitrogens is 2. The molecular weight excluding hydrogens is 298 g/mol. The van der Waals surface area contributed by atoms with Gasteiger partial charge in [0.15, 0.2) is 0 Å². The Morgan fingerprint density at radius 1 is 1.08 bits per heavy atom. The summed E-state index contributed by atoms with van der Waals surface area (Å²) in [7, 11) is 0. The molecule has 0 spiro atoms. The minimum Gasteiger partial charge on any atom is -0.380 e. The zero-order valence-electron chi connectivity index (χ0n) is 14.3. The third-order valence-electron chi connectivity index (χ3n) is 5.60. The average Bonchev–Trinajstić information content (AvgIpc) is 3.06. The lowest BCUT2D eigenvalue weighted by Gasteiger charge is -2.33. The molecule has 128 valence electrons. The number of aliphatic hydroxyl groups is 1. The van der Waals surface area contributed by atoms with E-state index in [2.05, 4.69) is 14.5 Å². The number of hydrogen-bond acceptors (Lipinski definition) is 3. The molecular formula is C20H27N3O. The van der Waals surface area contributed by atoms with Crippen LogP contribution in [0.5, 0.6) is 0 Å². The molecule has 0 amide bonds. The third-order valence-corrected chi connectivity index (χ3v) is 5.60. The summed E-state index contributed by atoms with van der Waals surface area (Å²) in [4.78, 5) is 7.12. The van der Waals surface area contributed by atoms with E-state index < -0.39 is 6.10 Å². The van der Waals surface area contributed by atoms with Gasteiger partial charge < -0.3 is 9.67 Å². The Balaban J connectivity index is 1.45. The fraction of sp³-hybridized carbons (Fsp3) is 0.550. The maximum Gasteiger partial charge on any atom is 0.142 e. The molecule has 1 aliphatic carbocycles. The predicted molar refractivity (Wildman–Crippen MR) is 94.6 cm³/mol. The minimum atomic E-state index is -0.634. The second-order valence-electron chi connectivity index (χ2n) is 7.31. The van der Waals surface area contributed by atoms with Crippen LogP contribution in [-0.2, 0) is 13.1 Å². The van der Waals surface area contributed by atoms with Gasteiger partial charge in [0.25, 0.3) is 0 Å². The van der Waals surface area contributed by atoms with Crippen molar-refractivity contribution in [1.29, 1.82) is 0 Å². The van der Waals surface area contributed by atoms with Crippen LogP contribution in [-0.4, -0.2) is 32.6 Å². The van der Waals surface area contributed by atoms with E-state index in [0.29, 0.717) is 0 Å². The van der Waals surface area contributed by atoms with Gasteiger partial charge in [0.05, 0.1) is 5.69 Å². The van der Waals surface area contributed by atoms with E-state index in [1.54, 1.807) is 0 Å². The summed E-state index contributed by atoms with van der Waals surface area (Å²) in [6, 6.07) is 9.82. The molecule has 2 aromatic rings. The summed E-state index contributed by atoms with van der Waals surface area (Å²) in [5, 5.41) is 10.7. The van der Waals surface area contributed by atoms with Crippen LogP contribution in [0.2, 0.25) is 0 Å². The van der Waals surface area contributed by atoms with Crippen molar-refractivity contribution in [2.24, 2.45) is 5.92 Å². The van der Waals surface area contributed by atoms with Crippen molar-refractivity contribution in [1.82, 2.24) is 14.5 Å². The van der Waals surface area contributed by atoms with Crippen LogP contribution < -0.4 is 0 Å². The van der Waals surface area contributed by atoms with Crippen molar-refractivity contribution in [3.63, 3.8) is 0 Å². The number of rotatable bonds is 4. The molecule has 1 fully saturated rings. The molecule has 24 heavy (non-hydrogen) atoms. The number of fused-ring (bicyclic) bond motifs is 1. The number of nitrogens with zero attached hydrogens (tertiary/aromatic N) is 3. The van der Waals surface area contributed by atoms with Gasteiger partial charge in [-0.3, -0.25) is 4.90 Å². The van der Waals surface area contributed by atoms with Crippen LogP contribution in [0.15, 0.2) is 36.5 Å². The largest absolute Gasteiger partial charge is 0.380 e. The number of hydrogen-bond donors (Lipinski definition) is 1. The van der Waals surface area contributed by atoms with E-state index in [4.69, 9.17) is 0 Å². The Kier molecular flexibility index (Phi) is 4.67. The Hall–Kier alpha value is -1.65. The van der Waals surface area contributed by atoms with Gasteiger partial charge in [-0.25, -0.2) is 4.98 Å². The lowest BCUT2D eigenvalue weighted by atomic mass is 9.89. The average molecular weight is 325 g/mol. The van der Waals surface area contributed by atoms with Gasteiger partial charge in [-0.2, -0.15) is 0 Å². The molecule has 2 aliphatic rings. The fourth-order valence-electron chi connectivity index (χ4n) is 4.25. The van der Waals surface area contributed by atoms with Crippen LogP contribution in [0.1, 0.15) is 55.3 Å². The zero-order valence-corrected chi connectivity index (χ0v) is 14.3. The second-order valence-corrected chi connectivity index (χ2v) is 7.31. The van der Waals surface area contributed by atoms with E-state index in [0.717, 1.165) is 36.9 Å². The SMILES string of the molecule is OC(c1ccccc1)c1ncc2n1CCN(CC1CCCCC1)C2. The maximum absolute atomic E-state index is 10.7. The second kappa shape index (κ2) is 7.08. The van der Waals surface area contributed by atoms with E-state index in [1.807, 2.05) is 36.5 Å². The molecule has 1 unspecified atom stereocenters. The quantitative estimate of drug-likeness (QED) is 0.937. The van der Waals surface area contributed by atoms with E-state index in [9.17, 15) is 5.11 Å². The van der Waals surface area contributed by atoms with Crippen LogP contribution in [0.25, 0.3) is 0 Å². The molecule has 0 radical (unpaired) electrons. The molecule has 1 atom stereocenters. The van der Waals surface area contributed by atoms with Gasteiger partial charge in [-0.15, -0.1) is 0 Å². The number of imidazole rings is 1. The lowest BCUT2D eigenvalue weighted by molar-refractivity contribution is 0.157. The highest BCUT2D eigenvalue weighted by Gasteiger charge is 2.25. The molecule has 0 bridgehead atoms. The van der Waals surface area contributed by atoms with Gasteiger partial charge in [-0.1, -0.05) is 49.6 Å². The van der Waals surface area contributed by atoms with Crippen LogP contribution >= 0.6 is 0 Å². The molecule has 2 heterocycles. The van der Waals surface area contributed by atoms with E-state index >= 15 is 0 Å². The Morgan fingerprint density at radius 2 is 1.88 bits per heavy atom. The molecule has 1 aliphatic heterocycles. The molecule has 1 aromatic carbocycles. The van der Waals surface area contributed by atoms with Crippen molar-refractivity contribution in [3.8, 4) is 0 Å². The predicted octanol–water partition coefficient (Wildman–Crippen LogP) is 3.36. The fourth-order valence-corrected chi connectivity index (χ4v) is 4.25. The molecule has 0 saturated heterocycles. The van der Waals surface area contributed by atoms with Gasteiger partial charge in [0.2, 0.25) is 0 Å². The molecule has 4 rings (SSSR count). The first-order valence-corrected chi connectivity index (χ1v) is 9.31. The molecule has 1 aromatic heterocycles. The standard InChI is InChI=1S/C20H27N3O/c24-19(17-9-5-2-6-10-17)20-21-13-18-15-22(11-12-23(18)20)14-16-7-3-1-4-8-16/h2,5-6,9-10,13,16,19,24H,1,3-4,7-8,11-12,14-15H2. The zero-order chi connectivity index (χ0) is 16.4. The molecule has 1 N–H and O–H groups in total. The monoisotopic (exact) mass is 325 g/mol. The van der Waals surface area contributed by atoms with Crippen molar-refractivity contribution in [2.75, 3.05) is 13.1 Å². The summed E-state index contributed by atoms with van der Waals surface area (Å²) < 4.78 is 2.22. The van der Waals surface area contributed by atoms with Crippen molar-refractivity contribution in [2.45, 2.75) is 51.3 Å². The summed E-state index contributed by atoms with van der Waals surface area (Å²) in [6.45, 7) is 4.18. The van der Waals surface area contributed by atoms with Gasteiger partial charge in [0.1, 0.15) is 11.9 Å². The molecule has 4 nitrogen and oxygen atoms in total. The van der Waals surface area contributed by atoms with Gasteiger partial charge in [0, 0.05) is 32.4 Å². The summed E-state index contributed by atoms with van der Waals surface area (Å²) in [6.07, 6.45) is 8.35. The summed E-state index contributed by atoms with van der Waals surface area (Å²) >= 11 is 0. The smallest absolute Gasteiger partial charge is 0.142 e. The van der Waals surface area contributed by atoms with Gasteiger partial charge >= 0.3 is 0 Å². The van der Waals surface area contributed by atoms with Crippen LogP contribution in [0.4, 0.5) is 0 Å². The van der Waals surface area contributed by atoms with Gasteiger partial charge in [-0.05, 0) is 24.3 Å². The van der Waals surface area contributed by atoms with Crippen molar-refractivity contribution < 1.29 is 5.11 Å². The van der Waals surface area contributed by atoms with Crippen LogP contribution in [0.3, 0.4) is 0 Å². The summed E-state index contributed by atoms with van der Waals surface area (Å²) in [5.74, 6) is 1.66. The number of benzene rings is 1. The highest BCUT2D eigenvalue weighted by molar-refractivity contribution is 5.24. The highest BCUT2D eigenvalue weighted by Crippen LogP contribution is 2.28. The highest BCUT2D eigenvalue weighted by atomic mass is 16.3. The van der Waals surface area contributed by atoms with Crippen LogP contribution in [0, 0.1) is 5.92 Å². The lowest BCUT2D eigenvalue weighted by Crippen LogP contribution is -2.37. The third kappa shape index (κ3) is 3.26. The molecule has 4 heteroatoms. The molecule has 1 saturated carbocycles. The first kappa shape index (κ1) is 15.9.